The third kappa shape index (κ3) is 9.62. The molecule has 8 nitrogen and oxygen atoms in total. The largest absolute Gasteiger partial charge is 0.494 e. The van der Waals surface area contributed by atoms with Crippen molar-refractivity contribution in [2.24, 2.45) is 0 Å². The highest BCUT2D eigenvalue weighted by Gasteiger charge is 2.30. The molecule has 0 bridgehead atoms. The minimum Gasteiger partial charge on any atom is -0.494 e. The van der Waals surface area contributed by atoms with Gasteiger partial charge in [-0.05, 0) is 67.6 Å². The average molecular weight is 594 g/mol. The van der Waals surface area contributed by atoms with Crippen LogP contribution in [0.4, 0.5) is 5.69 Å². The molecule has 1 N–H and O–H groups in total. The topological polar surface area (TPSA) is 96.0 Å². The number of ether oxygens (including phenoxy) is 1. The number of benzene rings is 3. The predicted molar refractivity (Wildman–Crippen MR) is 168 cm³/mol. The maximum absolute atomic E-state index is 13.9. The van der Waals surface area contributed by atoms with Gasteiger partial charge in [-0.1, -0.05) is 61.5 Å². The summed E-state index contributed by atoms with van der Waals surface area (Å²) in [5, 5.41) is 2.99. The van der Waals surface area contributed by atoms with E-state index in [0.717, 1.165) is 29.4 Å². The van der Waals surface area contributed by atoms with Crippen LogP contribution in [0.1, 0.15) is 49.8 Å². The number of carbonyl (C=O) groups excluding carboxylic acids is 2. The summed E-state index contributed by atoms with van der Waals surface area (Å²) in [7, 11) is -3.59. The van der Waals surface area contributed by atoms with E-state index in [0.29, 0.717) is 31.0 Å². The molecule has 0 aliphatic carbocycles. The number of amides is 2. The first-order chi connectivity index (χ1) is 20.1. The standard InChI is InChI=1S/C33H43N3O5S/c1-5-22-34-33(38)31(24-27-14-8-7-9-15-27)35(25-28-16-11-10-13-26(28)3)32(37)17-12-23-36(42(4,39)40)29-18-20-30(21-19-29)41-6-2/h7-11,13-16,18-21,31H,5-6,12,17,22-25H2,1-4H3,(H,34,38)/t31-/m0/s1. The molecule has 3 aromatic carbocycles. The van der Waals surface area contributed by atoms with E-state index >= 15 is 0 Å². The van der Waals surface area contributed by atoms with Crippen LogP contribution in [0.5, 0.6) is 5.75 Å². The van der Waals surface area contributed by atoms with Crippen molar-refractivity contribution in [2.75, 3.05) is 30.3 Å². The summed E-state index contributed by atoms with van der Waals surface area (Å²) < 4.78 is 32.1. The van der Waals surface area contributed by atoms with Gasteiger partial charge in [0, 0.05) is 32.5 Å². The minimum absolute atomic E-state index is 0.0846. The first kappa shape index (κ1) is 32.7. The zero-order valence-corrected chi connectivity index (χ0v) is 25.9. The highest BCUT2D eigenvalue weighted by molar-refractivity contribution is 7.92. The van der Waals surface area contributed by atoms with Crippen LogP contribution in [0.25, 0.3) is 0 Å². The fraction of sp³-hybridized carbons (Fsp3) is 0.394. The summed E-state index contributed by atoms with van der Waals surface area (Å²) in [5.41, 5.74) is 3.45. The maximum atomic E-state index is 13.9. The van der Waals surface area contributed by atoms with Crippen LogP contribution in [0.2, 0.25) is 0 Å². The van der Waals surface area contributed by atoms with Gasteiger partial charge in [-0.2, -0.15) is 0 Å². The van der Waals surface area contributed by atoms with Crippen molar-refractivity contribution in [1.82, 2.24) is 10.2 Å². The Morgan fingerprint density at radius 2 is 1.60 bits per heavy atom. The second kappa shape index (κ2) is 16.0. The van der Waals surface area contributed by atoms with Crippen LogP contribution in [-0.4, -0.2) is 57.1 Å². The van der Waals surface area contributed by atoms with Crippen molar-refractivity contribution < 1.29 is 22.7 Å². The van der Waals surface area contributed by atoms with Crippen molar-refractivity contribution in [3.8, 4) is 5.75 Å². The van der Waals surface area contributed by atoms with Gasteiger partial charge in [-0.25, -0.2) is 8.42 Å². The number of aryl methyl sites for hydroxylation is 1. The molecule has 3 rings (SSSR count). The summed E-state index contributed by atoms with van der Waals surface area (Å²) in [6.45, 7) is 7.29. The Morgan fingerprint density at radius 1 is 0.929 bits per heavy atom. The number of anilines is 1. The second-order valence-corrected chi connectivity index (χ2v) is 12.2. The van der Waals surface area contributed by atoms with Gasteiger partial charge in [0.15, 0.2) is 0 Å². The SMILES string of the molecule is CCCNC(=O)[C@H](Cc1ccccc1)N(Cc1ccccc1C)C(=O)CCCN(c1ccc(OCC)cc1)S(C)(=O)=O. The van der Waals surface area contributed by atoms with E-state index < -0.39 is 16.1 Å². The van der Waals surface area contributed by atoms with E-state index in [4.69, 9.17) is 4.74 Å². The number of carbonyl (C=O) groups is 2. The van der Waals surface area contributed by atoms with Gasteiger partial charge < -0.3 is 15.0 Å². The lowest BCUT2D eigenvalue weighted by molar-refractivity contribution is -0.141. The number of hydrogen-bond acceptors (Lipinski definition) is 5. The Bertz CT molecular complexity index is 1390. The Morgan fingerprint density at radius 3 is 2.21 bits per heavy atom. The van der Waals surface area contributed by atoms with Crippen molar-refractivity contribution in [1.29, 1.82) is 0 Å². The lowest BCUT2D eigenvalue weighted by atomic mass is 10.0. The Balaban J connectivity index is 1.85. The molecule has 0 saturated carbocycles. The smallest absolute Gasteiger partial charge is 0.243 e. The van der Waals surface area contributed by atoms with Crippen molar-refractivity contribution in [3.63, 3.8) is 0 Å². The van der Waals surface area contributed by atoms with Crippen LogP contribution in [0, 0.1) is 6.92 Å². The molecule has 9 heteroatoms. The molecule has 0 heterocycles. The summed E-state index contributed by atoms with van der Waals surface area (Å²) in [4.78, 5) is 29.1. The second-order valence-electron chi connectivity index (χ2n) is 10.3. The summed E-state index contributed by atoms with van der Waals surface area (Å²) >= 11 is 0. The molecular weight excluding hydrogens is 550 g/mol. The van der Waals surface area contributed by atoms with E-state index in [1.54, 1.807) is 29.2 Å². The van der Waals surface area contributed by atoms with Gasteiger partial charge in [0.1, 0.15) is 11.8 Å². The molecule has 0 aliphatic rings. The Hall–Kier alpha value is -3.85. The zero-order valence-electron chi connectivity index (χ0n) is 25.1. The highest BCUT2D eigenvalue weighted by atomic mass is 32.2. The molecule has 2 amide bonds. The van der Waals surface area contributed by atoms with Crippen molar-refractivity contribution in [3.05, 3.63) is 95.6 Å². The lowest BCUT2D eigenvalue weighted by Crippen LogP contribution is -2.50. The minimum atomic E-state index is -3.59. The highest BCUT2D eigenvalue weighted by Crippen LogP contribution is 2.23. The van der Waals surface area contributed by atoms with Crippen LogP contribution in [-0.2, 0) is 32.6 Å². The monoisotopic (exact) mass is 593 g/mol. The Labute approximate surface area is 250 Å². The molecule has 0 aromatic heterocycles. The quantitative estimate of drug-likeness (QED) is 0.249. The first-order valence-electron chi connectivity index (χ1n) is 14.5. The fourth-order valence-corrected chi connectivity index (χ4v) is 5.74. The van der Waals surface area contributed by atoms with E-state index in [-0.39, 0.29) is 37.7 Å². The summed E-state index contributed by atoms with van der Waals surface area (Å²) in [5.74, 6) is 0.253. The summed E-state index contributed by atoms with van der Waals surface area (Å²) in [6, 6.07) is 23.6. The third-order valence-corrected chi connectivity index (χ3v) is 8.20. The normalized spacial score (nSPS) is 11.9. The Kier molecular flexibility index (Phi) is 12.4. The van der Waals surface area contributed by atoms with Crippen LogP contribution in [0.3, 0.4) is 0 Å². The molecule has 226 valence electrons. The number of hydrogen-bond donors (Lipinski definition) is 1. The zero-order chi connectivity index (χ0) is 30.5. The number of rotatable bonds is 16. The first-order valence-corrected chi connectivity index (χ1v) is 16.3. The number of nitrogens with one attached hydrogen (secondary N) is 1. The molecular formula is C33H43N3O5S. The molecule has 0 aliphatic heterocycles. The van der Waals surface area contributed by atoms with Gasteiger partial charge in [-0.15, -0.1) is 0 Å². The lowest BCUT2D eigenvalue weighted by Gasteiger charge is -2.32. The van der Waals surface area contributed by atoms with Crippen molar-refractivity contribution in [2.45, 2.75) is 59.0 Å². The van der Waals surface area contributed by atoms with Gasteiger partial charge in [0.05, 0.1) is 18.6 Å². The van der Waals surface area contributed by atoms with E-state index in [1.807, 2.05) is 75.4 Å². The molecule has 3 aromatic rings. The van der Waals surface area contributed by atoms with Crippen LogP contribution in [0.15, 0.2) is 78.9 Å². The maximum Gasteiger partial charge on any atom is 0.243 e. The summed E-state index contributed by atoms with van der Waals surface area (Å²) in [6.07, 6.45) is 2.68. The van der Waals surface area contributed by atoms with E-state index in [1.165, 1.54) is 4.31 Å². The van der Waals surface area contributed by atoms with E-state index in [9.17, 15) is 18.0 Å². The molecule has 1 atom stereocenters. The van der Waals surface area contributed by atoms with Crippen LogP contribution < -0.4 is 14.4 Å². The van der Waals surface area contributed by atoms with Crippen LogP contribution >= 0.6 is 0 Å². The predicted octanol–water partition coefficient (Wildman–Crippen LogP) is 5.11. The fourth-order valence-electron chi connectivity index (χ4n) is 4.77. The third-order valence-electron chi connectivity index (χ3n) is 7.01. The van der Waals surface area contributed by atoms with E-state index in [2.05, 4.69) is 5.32 Å². The molecule has 0 radical (unpaired) electrons. The van der Waals surface area contributed by atoms with Gasteiger partial charge in [0.25, 0.3) is 0 Å². The molecule has 0 unspecified atom stereocenters. The van der Waals surface area contributed by atoms with Gasteiger partial charge >= 0.3 is 0 Å². The molecule has 0 saturated heterocycles. The van der Waals surface area contributed by atoms with Crippen molar-refractivity contribution >= 4 is 27.5 Å². The van der Waals surface area contributed by atoms with Gasteiger partial charge in [0.2, 0.25) is 21.8 Å². The molecule has 42 heavy (non-hydrogen) atoms. The average Bonchev–Trinajstić information content (AvgIpc) is 2.97. The molecule has 0 fully saturated rings. The number of nitrogens with zero attached hydrogens (tertiary/aromatic N) is 2. The number of sulfonamides is 1. The molecule has 0 spiro atoms. The van der Waals surface area contributed by atoms with Gasteiger partial charge in [-0.3, -0.25) is 13.9 Å².